The van der Waals surface area contributed by atoms with Gasteiger partial charge in [-0.25, -0.2) is 0 Å². The number of benzene rings is 1. The van der Waals surface area contributed by atoms with Gasteiger partial charge >= 0.3 is 0 Å². The average molecular weight is 232 g/mol. The minimum Gasteiger partial charge on any atom is -0.343 e. The second kappa shape index (κ2) is 4.49. The fourth-order valence-electron chi connectivity index (χ4n) is 2.67. The van der Waals surface area contributed by atoms with E-state index >= 15 is 0 Å². The van der Waals surface area contributed by atoms with E-state index in [4.69, 9.17) is 0 Å². The summed E-state index contributed by atoms with van der Waals surface area (Å²) in [6.07, 6.45) is 0. The number of piperazine rings is 1. The summed E-state index contributed by atoms with van der Waals surface area (Å²) in [6, 6.07) is 4.12. The zero-order chi connectivity index (χ0) is 12.6. The summed E-state index contributed by atoms with van der Waals surface area (Å²) in [5.74, 6) is 0.173. The molecule has 0 radical (unpaired) electrons. The number of nitrogens with one attached hydrogen (secondary N) is 1. The lowest BCUT2D eigenvalue weighted by Crippen LogP contribution is -2.48. The monoisotopic (exact) mass is 232 g/mol. The molecule has 0 aromatic heterocycles. The molecule has 2 rings (SSSR count). The summed E-state index contributed by atoms with van der Waals surface area (Å²) in [4.78, 5) is 14.0. The fourth-order valence-corrected chi connectivity index (χ4v) is 2.67. The molecule has 3 nitrogen and oxygen atoms in total. The molecule has 1 unspecified atom stereocenters. The maximum atomic E-state index is 12.2. The van der Waals surface area contributed by atoms with E-state index < -0.39 is 0 Å². The maximum Gasteiger partial charge on any atom is 0.244 e. The van der Waals surface area contributed by atoms with Crippen molar-refractivity contribution in [3.8, 4) is 0 Å². The Hall–Kier alpha value is -1.35. The third-order valence-corrected chi connectivity index (χ3v) is 3.45. The Morgan fingerprint density at radius 1 is 1.24 bits per heavy atom. The van der Waals surface area contributed by atoms with Gasteiger partial charge in [-0.05, 0) is 37.5 Å². The van der Waals surface area contributed by atoms with Crippen LogP contribution in [0.25, 0.3) is 0 Å². The highest BCUT2D eigenvalue weighted by Crippen LogP contribution is 2.26. The van der Waals surface area contributed by atoms with E-state index in [1.807, 2.05) is 7.05 Å². The van der Waals surface area contributed by atoms with Crippen molar-refractivity contribution < 1.29 is 4.79 Å². The van der Waals surface area contributed by atoms with Gasteiger partial charge in [0, 0.05) is 20.1 Å². The Balaban J connectivity index is 2.43. The van der Waals surface area contributed by atoms with Crippen molar-refractivity contribution in [2.45, 2.75) is 26.8 Å². The first-order valence-corrected chi connectivity index (χ1v) is 6.07. The van der Waals surface area contributed by atoms with Gasteiger partial charge in [0.15, 0.2) is 0 Å². The van der Waals surface area contributed by atoms with E-state index in [2.05, 4.69) is 38.2 Å². The largest absolute Gasteiger partial charge is 0.343 e. The summed E-state index contributed by atoms with van der Waals surface area (Å²) < 4.78 is 0. The molecule has 0 saturated carbocycles. The van der Waals surface area contributed by atoms with Crippen LogP contribution < -0.4 is 5.32 Å². The maximum absolute atomic E-state index is 12.2. The van der Waals surface area contributed by atoms with Crippen molar-refractivity contribution in [1.29, 1.82) is 0 Å². The Bertz CT molecular complexity index is 431. The lowest BCUT2D eigenvalue weighted by atomic mass is 9.92. The van der Waals surface area contributed by atoms with E-state index in [0.29, 0.717) is 0 Å². The van der Waals surface area contributed by atoms with Crippen LogP contribution in [0, 0.1) is 20.8 Å². The lowest BCUT2D eigenvalue weighted by molar-refractivity contribution is -0.134. The second-order valence-electron chi connectivity index (χ2n) is 4.96. The minimum atomic E-state index is -0.172. The Morgan fingerprint density at radius 2 is 1.82 bits per heavy atom. The van der Waals surface area contributed by atoms with Crippen molar-refractivity contribution in [2.24, 2.45) is 0 Å². The highest BCUT2D eigenvalue weighted by Gasteiger charge is 2.29. The molecule has 1 heterocycles. The van der Waals surface area contributed by atoms with E-state index in [1.54, 1.807) is 4.90 Å². The molecule has 1 aliphatic rings. The molecule has 1 atom stereocenters. The van der Waals surface area contributed by atoms with Crippen LogP contribution in [0.15, 0.2) is 12.1 Å². The predicted octanol–water partition coefficient (Wildman–Crippen LogP) is 1.71. The number of carbonyl (C=O) groups excluding carboxylic acids is 1. The van der Waals surface area contributed by atoms with Gasteiger partial charge in [-0.2, -0.15) is 0 Å². The first kappa shape index (κ1) is 12.1. The zero-order valence-corrected chi connectivity index (χ0v) is 11.0. The van der Waals surface area contributed by atoms with E-state index in [9.17, 15) is 4.79 Å². The zero-order valence-electron chi connectivity index (χ0n) is 11.0. The Kier molecular flexibility index (Phi) is 3.20. The SMILES string of the molecule is Cc1cc(C)c(C2NCCN(C)C2=O)c(C)c1. The smallest absolute Gasteiger partial charge is 0.244 e. The molecule has 0 spiro atoms. The van der Waals surface area contributed by atoms with Gasteiger partial charge in [-0.3, -0.25) is 4.79 Å². The Labute approximate surface area is 103 Å². The molecule has 0 bridgehead atoms. The van der Waals surface area contributed by atoms with Crippen molar-refractivity contribution in [1.82, 2.24) is 10.2 Å². The number of aryl methyl sites for hydroxylation is 3. The molecular weight excluding hydrogens is 212 g/mol. The van der Waals surface area contributed by atoms with E-state index in [1.165, 1.54) is 16.7 Å². The van der Waals surface area contributed by atoms with Gasteiger partial charge in [0.1, 0.15) is 6.04 Å². The summed E-state index contributed by atoms with van der Waals surface area (Å²) >= 11 is 0. The highest BCUT2D eigenvalue weighted by molar-refractivity contribution is 5.84. The quantitative estimate of drug-likeness (QED) is 0.799. The molecule has 1 amide bonds. The van der Waals surface area contributed by atoms with Gasteiger partial charge in [-0.1, -0.05) is 17.7 Å². The number of likely N-dealkylation sites (N-methyl/N-ethyl adjacent to an activating group) is 1. The molecule has 1 aliphatic heterocycles. The number of hydrogen-bond donors (Lipinski definition) is 1. The molecule has 1 N–H and O–H groups in total. The summed E-state index contributed by atoms with van der Waals surface area (Å²) in [5, 5.41) is 3.33. The molecule has 1 aromatic rings. The predicted molar refractivity (Wildman–Crippen MR) is 69.0 cm³/mol. The molecule has 0 aliphatic carbocycles. The van der Waals surface area contributed by atoms with Gasteiger partial charge < -0.3 is 10.2 Å². The van der Waals surface area contributed by atoms with Crippen LogP contribution in [0.2, 0.25) is 0 Å². The van der Waals surface area contributed by atoms with Crippen LogP contribution in [0.3, 0.4) is 0 Å². The highest BCUT2D eigenvalue weighted by atomic mass is 16.2. The molecule has 1 fully saturated rings. The lowest BCUT2D eigenvalue weighted by Gasteiger charge is -2.32. The molecule has 1 aromatic carbocycles. The van der Waals surface area contributed by atoms with Gasteiger partial charge in [0.2, 0.25) is 5.91 Å². The molecule has 92 valence electrons. The van der Waals surface area contributed by atoms with Crippen LogP contribution in [0.4, 0.5) is 0 Å². The van der Waals surface area contributed by atoms with Crippen LogP contribution >= 0.6 is 0 Å². The second-order valence-corrected chi connectivity index (χ2v) is 4.96. The fraction of sp³-hybridized carbons (Fsp3) is 0.500. The number of amides is 1. The average Bonchev–Trinajstić information content (AvgIpc) is 2.23. The third kappa shape index (κ3) is 2.20. The van der Waals surface area contributed by atoms with Crippen LogP contribution in [-0.4, -0.2) is 30.9 Å². The number of nitrogens with zero attached hydrogens (tertiary/aromatic N) is 1. The van der Waals surface area contributed by atoms with Gasteiger partial charge in [-0.15, -0.1) is 0 Å². The molecule has 3 heteroatoms. The summed E-state index contributed by atoms with van der Waals surface area (Å²) in [6.45, 7) is 7.91. The standard InChI is InChI=1S/C14H20N2O/c1-9-7-10(2)12(11(3)8-9)13-14(17)16(4)6-5-15-13/h7-8,13,15H,5-6H2,1-4H3. The van der Waals surface area contributed by atoms with Crippen molar-refractivity contribution in [2.75, 3.05) is 20.1 Å². The van der Waals surface area contributed by atoms with Gasteiger partial charge in [0.05, 0.1) is 0 Å². The molecule has 17 heavy (non-hydrogen) atoms. The van der Waals surface area contributed by atoms with Crippen molar-refractivity contribution in [3.63, 3.8) is 0 Å². The van der Waals surface area contributed by atoms with E-state index in [-0.39, 0.29) is 11.9 Å². The first-order valence-electron chi connectivity index (χ1n) is 6.07. The van der Waals surface area contributed by atoms with Gasteiger partial charge in [0.25, 0.3) is 0 Å². The number of carbonyl (C=O) groups is 1. The van der Waals surface area contributed by atoms with Crippen molar-refractivity contribution >= 4 is 5.91 Å². The summed E-state index contributed by atoms with van der Waals surface area (Å²) in [7, 11) is 1.87. The topological polar surface area (TPSA) is 32.3 Å². The minimum absolute atomic E-state index is 0.172. The van der Waals surface area contributed by atoms with Crippen molar-refractivity contribution in [3.05, 3.63) is 34.4 Å². The third-order valence-electron chi connectivity index (χ3n) is 3.45. The van der Waals surface area contributed by atoms with Crippen LogP contribution in [0.5, 0.6) is 0 Å². The normalized spacial score (nSPS) is 20.8. The summed E-state index contributed by atoms with van der Waals surface area (Å²) in [5.41, 5.74) is 4.79. The Morgan fingerprint density at radius 3 is 2.41 bits per heavy atom. The van der Waals surface area contributed by atoms with Crippen LogP contribution in [-0.2, 0) is 4.79 Å². The molecular formula is C14H20N2O. The molecule has 1 saturated heterocycles. The van der Waals surface area contributed by atoms with E-state index in [0.717, 1.165) is 18.7 Å². The number of hydrogen-bond acceptors (Lipinski definition) is 2. The van der Waals surface area contributed by atoms with Crippen LogP contribution in [0.1, 0.15) is 28.3 Å². The number of rotatable bonds is 1. The first-order chi connectivity index (χ1) is 8.00.